The van der Waals surface area contributed by atoms with Gasteiger partial charge in [-0.3, -0.25) is 0 Å². The van der Waals surface area contributed by atoms with Crippen molar-refractivity contribution in [1.29, 1.82) is 0 Å². The molecule has 0 aliphatic heterocycles. The summed E-state index contributed by atoms with van der Waals surface area (Å²) in [4.78, 5) is 0. The van der Waals surface area contributed by atoms with Gasteiger partial charge in [-0.2, -0.15) is 0 Å². The van der Waals surface area contributed by atoms with Crippen molar-refractivity contribution in [3.8, 4) is 55.6 Å². The number of fused-ring (bicyclic) bond motifs is 10. The Morgan fingerprint density at radius 3 is 1.81 bits per heavy atom. The van der Waals surface area contributed by atoms with Gasteiger partial charge in [-0.05, 0) is 165 Å². The van der Waals surface area contributed by atoms with E-state index in [0.717, 1.165) is 37.0 Å². The predicted molar refractivity (Wildman–Crippen MR) is 268 cm³/mol. The molecule has 12 rings (SSSR count). The fraction of sp³-hybridized carbons (Fsp3) is 0.161. The lowest BCUT2D eigenvalue weighted by molar-refractivity contribution is 0.595. The summed E-state index contributed by atoms with van der Waals surface area (Å²) in [5.74, 6) is 1.05. The fourth-order valence-corrected chi connectivity index (χ4v) is 10.5. The fourth-order valence-electron chi connectivity index (χ4n) is 10.5. The van der Waals surface area contributed by atoms with E-state index >= 15 is 0 Å². The summed E-state index contributed by atoms with van der Waals surface area (Å²) >= 11 is 0. The Morgan fingerprint density at radius 2 is 1.06 bits per heavy atom. The Morgan fingerprint density at radius 1 is 0.460 bits per heavy atom. The molecule has 0 unspecified atom stereocenters. The van der Waals surface area contributed by atoms with E-state index in [4.69, 9.17) is 4.42 Å². The number of aryl methyl sites for hydroxylation is 5. The number of allylic oxidation sites excluding steroid dienone is 2. The van der Waals surface area contributed by atoms with E-state index < -0.39 is 0 Å². The zero-order valence-electron chi connectivity index (χ0n) is 37.0. The van der Waals surface area contributed by atoms with Crippen LogP contribution in [0.3, 0.4) is 0 Å². The minimum atomic E-state index is 0.0357. The first-order valence-electron chi connectivity index (χ1n) is 22.7. The highest BCUT2D eigenvalue weighted by molar-refractivity contribution is 6.02. The van der Waals surface area contributed by atoms with Gasteiger partial charge in [0.05, 0.1) is 0 Å². The average Bonchev–Trinajstić information content (AvgIpc) is 3.81. The predicted octanol–water partition coefficient (Wildman–Crippen LogP) is 17.1. The number of hydrogen-bond donors (Lipinski definition) is 0. The Bertz CT molecular complexity index is 3310. The van der Waals surface area contributed by atoms with Crippen LogP contribution in [0.2, 0.25) is 0 Å². The van der Waals surface area contributed by atoms with Gasteiger partial charge in [-0.15, -0.1) is 0 Å². The summed E-state index contributed by atoms with van der Waals surface area (Å²) in [5.41, 5.74) is 24.8. The Kier molecular flexibility index (Phi) is 9.54. The lowest BCUT2D eigenvalue weighted by Gasteiger charge is -2.21. The van der Waals surface area contributed by atoms with E-state index in [2.05, 4.69) is 211 Å². The van der Waals surface area contributed by atoms with Crippen molar-refractivity contribution in [3.05, 3.63) is 214 Å². The van der Waals surface area contributed by atoms with Gasteiger partial charge >= 0.3 is 0 Å². The number of rotatable bonds is 4. The van der Waals surface area contributed by atoms with Gasteiger partial charge in [0.15, 0.2) is 0 Å². The first kappa shape index (κ1) is 38.9. The van der Waals surface area contributed by atoms with Crippen LogP contribution in [0, 0.1) is 20.8 Å². The van der Waals surface area contributed by atoms with Gasteiger partial charge in [-0.25, -0.2) is 0 Å². The second-order valence-electron chi connectivity index (χ2n) is 18.4. The van der Waals surface area contributed by atoms with Gasteiger partial charge in [0.2, 0.25) is 0 Å². The van der Waals surface area contributed by atoms with Crippen molar-refractivity contribution in [3.63, 3.8) is 0 Å². The van der Waals surface area contributed by atoms with Crippen LogP contribution >= 0.6 is 0 Å². The highest BCUT2D eigenvalue weighted by Gasteiger charge is 2.38. The maximum absolute atomic E-state index is 6.33. The quantitative estimate of drug-likeness (QED) is 0.173. The molecule has 3 aliphatic rings. The van der Waals surface area contributed by atoms with Crippen LogP contribution in [0.4, 0.5) is 0 Å². The molecule has 3 aliphatic carbocycles. The van der Waals surface area contributed by atoms with Gasteiger partial charge in [-0.1, -0.05) is 171 Å². The molecule has 0 spiro atoms. The van der Waals surface area contributed by atoms with E-state index in [1.165, 1.54) is 116 Å². The third-order valence-corrected chi connectivity index (χ3v) is 14.1. The Labute approximate surface area is 372 Å². The smallest absolute Gasteiger partial charge is 0.143 e. The van der Waals surface area contributed by atoms with Crippen molar-refractivity contribution < 1.29 is 4.42 Å². The monoisotopic (exact) mass is 812 g/mol. The molecule has 1 aromatic heterocycles. The number of hydrogen-bond acceptors (Lipinski definition) is 1. The normalized spacial score (nSPS) is 14.2. The molecule has 1 nitrogen and oxygen atoms in total. The largest absolute Gasteiger partial charge is 0.456 e. The molecule has 0 amide bonds. The van der Waals surface area contributed by atoms with E-state index in [0.29, 0.717) is 0 Å². The third-order valence-electron chi connectivity index (χ3n) is 14.1. The molecule has 0 fully saturated rings. The molecule has 1 heterocycles. The van der Waals surface area contributed by atoms with Gasteiger partial charge in [0.25, 0.3) is 0 Å². The van der Waals surface area contributed by atoms with Crippen LogP contribution in [-0.2, 0) is 18.3 Å². The second kappa shape index (κ2) is 15.4. The van der Waals surface area contributed by atoms with Crippen LogP contribution in [0.5, 0.6) is 0 Å². The molecule has 0 N–H and O–H groups in total. The Hall–Kier alpha value is -6.96. The van der Waals surface area contributed by atoms with E-state index in [1.54, 1.807) is 0 Å². The van der Waals surface area contributed by atoms with Crippen LogP contribution in [0.25, 0.3) is 89.5 Å². The zero-order chi connectivity index (χ0) is 42.8. The van der Waals surface area contributed by atoms with Crippen molar-refractivity contribution in [2.75, 3.05) is 0 Å². The van der Waals surface area contributed by atoms with Crippen LogP contribution in [-0.4, -0.2) is 0 Å². The maximum atomic E-state index is 6.33. The van der Waals surface area contributed by atoms with Gasteiger partial charge in [0.1, 0.15) is 11.3 Å². The Balaban J connectivity index is 0.000000163. The lowest BCUT2D eigenvalue weighted by atomic mass is 9.82. The van der Waals surface area contributed by atoms with Crippen molar-refractivity contribution in [1.82, 2.24) is 0 Å². The minimum absolute atomic E-state index is 0.0357. The van der Waals surface area contributed by atoms with Gasteiger partial charge in [0, 0.05) is 21.9 Å². The molecule has 0 bridgehead atoms. The van der Waals surface area contributed by atoms with E-state index in [-0.39, 0.29) is 5.41 Å². The topological polar surface area (TPSA) is 13.1 Å². The molecule has 1 heteroatoms. The van der Waals surface area contributed by atoms with E-state index in [1.807, 2.05) is 0 Å². The van der Waals surface area contributed by atoms with Crippen molar-refractivity contribution in [2.45, 2.75) is 65.7 Å². The van der Waals surface area contributed by atoms with Crippen molar-refractivity contribution in [2.24, 2.45) is 0 Å². The zero-order valence-corrected chi connectivity index (χ0v) is 37.0. The average molecular weight is 813 g/mol. The molecular formula is C62H52O. The van der Waals surface area contributed by atoms with Crippen LogP contribution in [0.1, 0.15) is 77.0 Å². The first-order valence-corrected chi connectivity index (χ1v) is 22.7. The SMILES string of the molecule is Cc1ccc(-c2ccc(-c3ccccc3)cc2)cc1-c1cc(-c2ccc3c4c(ccc3c2)C=CCC4)ccc1C.Cc1ccc2c(c1)C(C)(C)c1ccc3c4c(oc3c1-2)C=CCC4. The molecule has 0 atom stereocenters. The number of furan rings is 1. The third kappa shape index (κ3) is 6.79. The highest BCUT2D eigenvalue weighted by Crippen LogP contribution is 2.53. The maximum Gasteiger partial charge on any atom is 0.143 e. The molecule has 9 aromatic rings. The highest BCUT2D eigenvalue weighted by atomic mass is 16.3. The summed E-state index contributed by atoms with van der Waals surface area (Å²) in [6.07, 6.45) is 13.4. The molecule has 0 radical (unpaired) electrons. The molecule has 63 heavy (non-hydrogen) atoms. The summed E-state index contributed by atoms with van der Waals surface area (Å²) in [7, 11) is 0. The number of benzene rings is 8. The molecule has 306 valence electrons. The molecular weight excluding hydrogens is 761 g/mol. The van der Waals surface area contributed by atoms with Gasteiger partial charge < -0.3 is 4.42 Å². The second-order valence-corrected chi connectivity index (χ2v) is 18.4. The van der Waals surface area contributed by atoms with Crippen LogP contribution in [0.15, 0.2) is 168 Å². The van der Waals surface area contributed by atoms with E-state index in [9.17, 15) is 0 Å². The molecule has 8 aromatic carbocycles. The summed E-state index contributed by atoms with van der Waals surface area (Å²) in [5, 5.41) is 4.01. The first-order chi connectivity index (χ1) is 30.7. The van der Waals surface area contributed by atoms with Crippen molar-refractivity contribution >= 4 is 33.9 Å². The molecule has 0 saturated heterocycles. The summed E-state index contributed by atoms with van der Waals surface area (Å²) in [6.45, 7) is 11.3. The summed E-state index contributed by atoms with van der Waals surface area (Å²) < 4.78 is 6.33. The summed E-state index contributed by atoms with van der Waals surface area (Å²) in [6, 6.07) is 56.2. The lowest BCUT2D eigenvalue weighted by Crippen LogP contribution is -2.14. The standard InChI is InChI=1S/C40H32.C22H20O/c1-27-12-14-34(31-18-16-30(17-19-31)29-8-4-3-5-9-29)25-39(27)40-26-35(15-13-28(40)2)33-22-23-38-36(24-33)21-20-32-10-6-7-11-37(32)38;1-13-8-9-16-18(12-13)22(2,3)17-11-10-15-14-6-4-5-7-19(14)23-21(15)20(16)17/h3-6,8-10,12-26H,7,11H2,1-2H3;5,7-12H,4,6H2,1-3H3. The molecule has 0 saturated carbocycles. The minimum Gasteiger partial charge on any atom is -0.456 e. The van der Waals surface area contributed by atoms with Crippen LogP contribution < -0.4 is 0 Å².